The molecule has 0 spiro atoms. The zero-order chi connectivity index (χ0) is 13.1. The summed E-state index contributed by atoms with van der Waals surface area (Å²) in [7, 11) is 0. The molecule has 0 aliphatic heterocycles. The number of nitrogens with one attached hydrogen (secondary N) is 1. The minimum Gasteiger partial charge on any atom is -0.456 e. The lowest BCUT2D eigenvalue weighted by Gasteiger charge is -2.25. The molecule has 0 bridgehead atoms. The van der Waals surface area contributed by atoms with E-state index in [0.717, 1.165) is 43.4 Å². The highest BCUT2D eigenvalue weighted by Gasteiger charge is 2.22. The molecule has 1 aliphatic rings. The second kappa shape index (κ2) is 5.57. The Bertz CT molecular complexity index is 417. The molecule has 0 aromatic carbocycles. The third kappa shape index (κ3) is 2.93. The summed E-state index contributed by atoms with van der Waals surface area (Å²) in [4.78, 5) is 12.0. The number of rotatable bonds is 3. The molecule has 1 aliphatic carbocycles. The molecule has 1 saturated carbocycles. The fourth-order valence-corrected chi connectivity index (χ4v) is 2.46. The fraction of sp³-hybridized carbons (Fsp3) is 0.643. The van der Waals surface area contributed by atoms with E-state index >= 15 is 0 Å². The number of aliphatic hydroxyl groups is 1. The SMILES string of the molecule is CCc1oc(C(=O)NC2CCC(O)CC2)cc1C. The first-order chi connectivity index (χ1) is 8.60. The average Bonchev–Trinajstić information content (AvgIpc) is 2.73. The van der Waals surface area contributed by atoms with E-state index in [2.05, 4.69) is 5.32 Å². The summed E-state index contributed by atoms with van der Waals surface area (Å²) in [6, 6.07) is 1.96. The van der Waals surface area contributed by atoms with Gasteiger partial charge in [0.15, 0.2) is 5.76 Å². The largest absolute Gasteiger partial charge is 0.456 e. The molecule has 1 aromatic rings. The van der Waals surface area contributed by atoms with Gasteiger partial charge in [0.2, 0.25) is 0 Å². The maximum Gasteiger partial charge on any atom is 0.287 e. The van der Waals surface area contributed by atoms with Gasteiger partial charge in [-0.2, -0.15) is 0 Å². The van der Waals surface area contributed by atoms with Crippen LogP contribution in [0.4, 0.5) is 0 Å². The summed E-state index contributed by atoms with van der Waals surface area (Å²) < 4.78 is 5.53. The number of carbonyl (C=O) groups excluding carboxylic acids is 1. The third-order valence-electron chi connectivity index (χ3n) is 3.60. The number of carbonyl (C=O) groups is 1. The van der Waals surface area contributed by atoms with Gasteiger partial charge in [0.05, 0.1) is 6.10 Å². The van der Waals surface area contributed by atoms with Crippen LogP contribution in [-0.2, 0) is 6.42 Å². The highest BCUT2D eigenvalue weighted by Crippen LogP contribution is 2.20. The molecule has 2 rings (SSSR count). The fourth-order valence-electron chi connectivity index (χ4n) is 2.46. The van der Waals surface area contributed by atoms with E-state index in [9.17, 15) is 9.90 Å². The lowest BCUT2D eigenvalue weighted by Crippen LogP contribution is -2.38. The van der Waals surface area contributed by atoms with Crippen molar-refractivity contribution in [2.75, 3.05) is 0 Å². The van der Waals surface area contributed by atoms with Gasteiger partial charge >= 0.3 is 0 Å². The average molecular weight is 251 g/mol. The lowest BCUT2D eigenvalue weighted by atomic mass is 9.93. The maximum atomic E-state index is 12.0. The second-order valence-electron chi connectivity index (χ2n) is 5.05. The summed E-state index contributed by atoms with van der Waals surface area (Å²) >= 11 is 0. The quantitative estimate of drug-likeness (QED) is 0.865. The smallest absolute Gasteiger partial charge is 0.287 e. The third-order valence-corrected chi connectivity index (χ3v) is 3.60. The molecular formula is C14H21NO3. The Labute approximate surface area is 107 Å². The minimum absolute atomic E-state index is 0.140. The van der Waals surface area contributed by atoms with Gasteiger partial charge in [-0.05, 0) is 44.2 Å². The zero-order valence-corrected chi connectivity index (χ0v) is 11.0. The zero-order valence-electron chi connectivity index (χ0n) is 11.0. The lowest BCUT2D eigenvalue weighted by molar-refractivity contribution is 0.0841. The van der Waals surface area contributed by atoms with Crippen molar-refractivity contribution < 1.29 is 14.3 Å². The number of hydrogen-bond acceptors (Lipinski definition) is 3. The van der Waals surface area contributed by atoms with Gasteiger partial charge in [-0.3, -0.25) is 4.79 Å². The molecule has 0 radical (unpaired) electrons. The Kier molecular flexibility index (Phi) is 4.07. The first-order valence-corrected chi connectivity index (χ1v) is 6.68. The van der Waals surface area contributed by atoms with Crippen LogP contribution in [0.2, 0.25) is 0 Å². The molecule has 0 unspecified atom stereocenters. The monoisotopic (exact) mass is 251 g/mol. The van der Waals surface area contributed by atoms with Gasteiger partial charge in [-0.25, -0.2) is 0 Å². The van der Waals surface area contributed by atoms with Gasteiger partial charge in [0.1, 0.15) is 5.76 Å². The second-order valence-corrected chi connectivity index (χ2v) is 5.05. The van der Waals surface area contributed by atoms with Crippen LogP contribution in [0.25, 0.3) is 0 Å². The van der Waals surface area contributed by atoms with E-state index in [1.165, 1.54) is 0 Å². The number of furan rings is 1. The molecule has 1 aromatic heterocycles. The number of aryl methyl sites for hydroxylation is 2. The summed E-state index contributed by atoms with van der Waals surface area (Å²) in [6.45, 7) is 3.96. The van der Waals surface area contributed by atoms with Crippen LogP contribution in [0.15, 0.2) is 10.5 Å². The van der Waals surface area contributed by atoms with Crippen molar-refractivity contribution in [3.63, 3.8) is 0 Å². The molecule has 4 nitrogen and oxygen atoms in total. The molecular weight excluding hydrogens is 230 g/mol. The summed E-state index contributed by atoms with van der Waals surface area (Å²) in [5, 5.41) is 12.4. The number of amides is 1. The Balaban J connectivity index is 1.94. The van der Waals surface area contributed by atoms with Crippen molar-refractivity contribution in [3.8, 4) is 0 Å². The van der Waals surface area contributed by atoms with Gasteiger partial charge < -0.3 is 14.8 Å². The van der Waals surface area contributed by atoms with Gasteiger partial charge in [-0.1, -0.05) is 6.92 Å². The molecule has 4 heteroatoms. The van der Waals surface area contributed by atoms with Crippen molar-refractivity contribution >= 4 is 5.91 Å². The van der Waals surface area contributed by atoms with Crippen LogP contribution >= 0.6 is 0 Å². The predicted octanol–water partition coefficient (Wildman–Crippen LogP) is 2.18. The molecule has 1 amide bonds. The van der Waals surface area contributed by atoms with Gasteiger partial charge in [0, 0.05) is 12.5 Å². The van der Waals surface area contributed by atoms with Crippen molar-refractivity contribution in [1.29, 1.82) is 0 Å². The predicted molar refractivity (Wildman–Crippen MR) is 68.6 cm³/mol. The van der Waals surface area contributed by atoms with Crippen LogP contribution in [0.3, 0.4) is 0 Å². The van der Waals surface area contributed by atoms with Crippen LogP contribution in [0.1, 0.15) is 54.5 Å². The van der Waals surface area contributed by atoms with Crippen LogP contribution in [0, 0.1) is 6.92 Å². The number of aliphatic hydroxyl groups excluding tert-OH is 1. The molecule has 0 atom stereocenters. The molecule has 2 N–H and O–H groups in total. The Morgan fingerprint density at radius 1 is 1.44 bits per heavy atom. The van der Waals surface area contributed by atoms with Crippen LogP contribution in [0.5, 0.6) is 0 Å². The van der Waals surface area contributed by atoms with Gasteiger partial charge in [0.25, 0.3) is 5.91 Å². The minimum atomic E-state index is -0.198. The van der Waals surface area contributed by atoms with E-state index < -0.39 is 0 Å². The molecule has 18 heavy (non-hydrogen) atoms. The first kappa shape index (κ1) is 13.1. The van der Waals surface area contributed by atoms with Crippen LogP contribution in [-0.4, -0.2) is 23.2 Å². The van der Waals surface area contributed by atoms with E-state index in [1.54, 1.807) is 6.07 Å². The molecule has 100 valence electrons. The Morgan fingerprint density at radius 2 is 2.11 bits per heavy atom. The Morgan fingerprint density at radius 3 is 2.67 bits per heavy atom. The van der Waals surface area contributed by atoms with Crippen molar-refractivity contribution in [3.05, 3.63) is 23.2 Å². The molecule has 1 fully saturated rings. The van der Waals surface area contributed by atoms with E-state index in [-0.39, 0.29) is 18.1 Å². The standard InChI is InChI=1S/C14H21NO3/c1-3-12-9(2)8-13(18-12)14(17)15-10-4-6-11(16)7-5-10/h8,10-11,16H,3-7H2,1-2H3,(H,15,17). The van der Waals surface area contributed by atoms with Crippen molar-refractivity contribution in [2.24, 2.45) is 0 Å². The topological polar surface area (TPSA) is 62.5 Å². The van der Waals surface area contributed by atoms with Crippen molar-refractivity contribution in [1.82, 2.24) is 5.32 Å². The molecule has 0 saturated heterocycles. The summed E-state index contributed by atoms with van der Waals surface area (Å²) in [5.74, 6) is 1.13. The molecule has 1 heterocycles. The summed E-state index contributed by atoms with van der Waals surface area (Å²) in [5.41, 5.74) is 1.03. The highest BCUT2D eigenvalue weighted by molar-refractivity contribution is 5.92. The van der Waals surface area contributed by atoms with Crippen LogP contribution < -0.4 is 5.32 Å². The van der Waals surface area contributed by atoms with E-state index in [4.69, 9.17) is 4.42 Å². The van der Waals surface area contributed by atoms with Crippen molar-refractivity contribution in [2.45, 2.75) is 58.1 Å². The number of hydrogen-bond donors (Lipinski definition) is 2. The van der Waals surface area contributed by atoms with Gasteiger partial charge in [-0.15, -0.1) is 0 Å². The maximum absolute atomic E-state index is 12.0. The Hall–Kier alpha value is -1.29. The first-order valence-electron chi connectivity index (χ1n) is 6.68. The normalized spacial score (nSPS) is 23.9. The highest BCUT2D eigenvalue weighted by atomic mass is 16.4. The summed E-state index contributed by atoms with van der Waals surface area (Å²) in [6.07, 6.45) is 3.82. The van der Waals surface area contributed by atoms with E-state index in [1.807, 2.05) is 13.8 Å². The van der Waals surface area contributed by atoms with E-state index in [0.29, 0.717) is 5.76 Å².